The lowest BCUT2D eigenvalue weighted by molar-refractivity contribution is -0.136. The minimum absolute atomic E-state index is 0.261. The third kappa shape index (κ3) is 3.69. The van der Waals surface area contributed by atoms with Crippen LogP contribution in [0.1, 0.15) is 25.0 Å². The maximum atomic E-state index is 13.2. The van der Waals surface area contributed by atoms with Crippen LogP contribution in [0.5, 0.6) is 5.75 Å². The standard InChI is InChI=1S/C23H23NO4/c1-5-28-19-12-10-18(11-13-19)24-16(3)21(23(26)27-4)20(22(24)25)14-17-8-6-15(2)7-9-17/h6-14H,5H2,1-4H3/b20-14-. The van der Waals surface area contributed by atoms with Gasteiger partial charge in [-0.2, -0.15) is 0 Å². The van der Waals surface area contributed by atoms with Crippen molar-refractivity contribution < 1.29 is 19.1 Å². The molecule has 0 radical (unpaired) electrons. The fourth-order valence-corrected chi connectivity index (χ4v) is 3.18. The second-order valence-corrected chi connectivity index (χ2v) is 6.49. The maximum Gasteiger partial charge on any atom is 0.340 e. The summed E-state index contributed by atoms with van der Waals surface area (Å²) in [4.78, 5) is 27.2. The Bertz CT molecular complexity index is 953. The van der Waals surface area contributed by atoms with Gasteiger partial charge in [0, 0.05) is 11.4 Å². The van der Waals surface area contributed by atoms with E-state index in [9.17, 15) is 9.59 Å². The van der Waals surface area contributed by atoms with Gasteiger partial charge >= 0.3 is 5.97 Å². The predicted molar refractivity (Wildman–Crippen MR) is 109 cm³/mol. The number of anilines is 1. The summed E-state index contributed by atoms with van der Waals surface area (Å²) >= 11 is 0. The van der Waals surface area contributed by atoms with Crippen LogP contribution in [-0.4, -0.2) is 25.6 Å². The van der Waals surface area contributed by atoms with Crippen molar-refractivity contribution in [2.24, 2.45) is 0 Å². The van der Waals surface area contributed by atoms with Crippen LogP contribution in [0.2, 0.25) is 0 Å². The molecule has 0 N–H and O–H groups in total. The van der Waals surface area contributed by atoms with Crippen LogP contribution in [0.25, 0.3) is 6.08 Å². The van der Waals surface area contributed by atoms with Crippen LogP contribution >= 0.6 is 0 Å². The minimum Gasteiger partial charge on any atom is -0.494 e. The number of methoxy groups -OCH3 is 1. The molecule has 0 bridgehead atoms. The fraction of sp³-hybridized carbons (Fsp3) is 0.217. The van der Waals surface area contributed by atoms with Crippen molar-refractivity contribution in [3.8, 4) is 5.75 Å². The van der Waals surface area contributed by atoms with Crippen LogP contribution in [0.4, 0.5) is 5.69 Å². The third-order valence-corrected chi connectivity index (χ3v) is 4.58. The number of nitrogens with zero attached hydrogens (tertiary/aromatic N) is 1. The molecule has 0 atom stereocenters. The maximum absolute atomic E-state index is 13.2. The lowest BCUT2D eigenvalue weighted by Crippen LogP contribution is -2.24. The van der Waals surface area contributed by atoms with E-state index in [0.29, 0.717) is 23.6 Å². The second kappa shape index (κ2) is 8.13. The van der Waals surface area contributed by atoms with Gasteiger partial charge in [-0.05, 0) is 56.7 Å². The minimum atomic E-state index is -0.530. The number of carbonyl (C=O) groups excluding carboxylic acids is 2. The highest BCUT2D eigenvalue weighted by molar-refractivity contribution is 6.23. The highest BCUT2D eigenvalue weighted by Gasteiger charge is 2.37. The van der Waals surface area contributed by atoms with E-state index >= 15 is 0 Å². The number of carbonyl (C=O) groups is 2. The predicted octanol–water partition coefficient (Wildman–Crippen LogP) is 4.27. The van der Waals surface area contributed by atoms with Crippen molar-refractivity contribution in [1.82, 2.24) is 0 Å². The molecule has 0 saturated heterocycles. The van der Waals surface area contributed by atoms with Crippen LogP contribution in [0.3, 0.4) is 0 Å². The van der Waals surface area contributed by atoms with Gasteiger partial charge in [0.2, 0.25) is 0 Å². The Balaban J connectivity index is 2.05. The van der Waals surface area contributed by atoms with Gasteiger partial charge in [-0.15, -0.1) is 0 Å². The Morgan fingerprint density at radius 2 is 1.68 bits per heavy atom. The molecule has 0 unspecified atom stereocenters. The molecule has 144 valence electrons. The Morgan fingerprint density at radius 1 is 1.04 bits per heavy atom. The summed E-state index contributed by atoms with van der Waals surface area (Å²) in [5.74, 6) is -0.0663. The van der Waals surface area contributed by atoms with Crippen molar-refractivity contribution in [3.05, 3.63) is 76.5 Å². The summed E-state index contributed by atoms with van der Waals surface area (Å²) in [6.07, 6.45) is 1.73. The van der Waals surface area contributed by atoms with Gasteiger partial charge in [0.25, 0.3) is 5.91 Å². The Hall–Kier alpha value is -3.34. The SMILES string of the molecule is CCOc1ccc(N2C(=O)/C(=C\c3ccc(C)cc3)C(C(=O)OC)=C2C)cc1. The number of esters is 1. The quantitative estimate of drug-likeness (QED) is 0.577. The number of rotatable bonds is 5. The molecule has 1 amide bonds. The topological polar surface area (TPSA) is 55.8 Å². The van der Waals surface area contributed by atoms with Crippen molar-refractivity contribution in [2.75, 3.05) is 18.6 Å². The summed E-state index contributed by atoms with van der Waals surface area (Å²) in [5, 5.41) is 0. The van der Waals surface area contributed by atoms with Gasteiger partial charge in [0.15, 0.2) is 0 Å². The number of hydrogen-bond donors (Lipinski definition) is 0. The molecule has 0 saturated carbocycles. The average Bonchev–Trinajstić information content (AvgIpc) is 2.94. The van der Waals surface area contributed by atoms with Crippen LogP contribution in [0, 0.1) is 6.92 Å². The van der Waals surface area contributed by atoms with Crippen molar-refractivity contribution >= 4 is 23.6 Å². The summed E-state index contributed by atoms with van der Waals surface area (Å²) in [6.45, 7) is 6.22. The van der Waals surface area contributed by atoms with E-state index in [1.165, 1.54) is 12.0 Å². The highest BCUT2D eigenvalue weighted by atomic mass is 16.5. The molecular weight excluding hydrogens is 354 g/mol. The smallest absolute Gasteiger partial charge is 0.340 e. The molecule has 0 aromatic heterocycles. The van der Waals surface area contributed by atoms with E-state index in [4.69, 9.17) is 9.47 Å². The summed E-state index contributed by atoms with van der Waals surface area (Å²) in [6, 6.07) is 15.0. The first-order valence-electron chi connectivity index (χ1n) is 9.11. The van der Waals surface area contributed by atoms with Gasteiger partial charge in [0.1, 0.15) is 5.75 Å². The van der Waals surface area contributed by atoms with Gasteiger partial charge in [-0.25, -0.2) is 4.79 Å². The Labute approximate surface area is 164 Å². The van der Waals surface area contributed by atoms with E-state index in [1.807, 2.05) is 38.1 Å². The first-order chi connectivity index (χ1) is 13.5. The van der Waals surface area contributed by atoms with Gasteiger partial charge < -0.3 is 9.47 Å². The molecule has 3 rings (SSSR count). The van der Waals surface area contributed by atoms with Crippen molar-refractivity contribution in [1.29, 1.82) is 0 Å². The van der Waals surface area contributed by atoms with Crippen LogP contribution < -0.4 is 9.64 Å². The molecule has 0 spiro atoms. The fourth-order valence-electron chi connectivity index (χ4n) is 3.18. The molecular formula is C23H23NO4. The van der Waals surface area contributed by atoms with E-state index in [1.54, 1.807) is 37.3 Å². The first kappa shape index (κ1) is 19.4. The number of benzene rings is 2. The number of allylic oxidation sites excluding steroid dienone is 1. The molecule has 0 fully saturated rings. The van der Waals surface area contributed by atoms with E-state index in [-0.39, 0.29) is 11.5 Å². The van der Waals surface area contributed by atoms with Gasteiger partial charge in [-0.3, -0.25) is 9.69 Å². The molecule has 1 aliphatic rings. The second-order valence-electron chi connectivity index (χ2n) is 6.49. The van der Waals surface area contributed by atoms with Gasteiger partial charge in [0.05, 0.1) is 24.9 Å². The molecule has 5 nitrogen and oxygen atoms in total. The molecule has 2 aromatic rings. The van der Waals surface area contributed by atoms with Crippen LogP contribution in [0.15, 0.2) is 65.4 Å². The molecule has 0 aliphatic carbocycles. The molecule has 28 heavy (non-hydrogen) atoms. The number of aryl methyl sites for hydroxylation is 1. The number of hydrogen-bond acceptors (Lipinski definition) is 4. The zero-order valence-corrected chi connectivity index (χ0v) is 16.5. The number of amides is 1. The van der Waals surface area contributed by atoms with Crippen molar-refractivity contribution in [3.63, 3.8) is 0 Å². The highest BCUT2D eigenvalue weighted by Crippen LogP contribution is 2.36. The van der Waals surface area contributed by atoms with Crippen molar-refractivity contribution in [2.45, 2.75) is 20.8 Å². The molecule has 1 aliphatic heterocycles. The molecule has 2 aromatic carbocycles. The first-order valence-corrected chi connectivity index (χ1v) is 9.11. The lowest BCUT2D eigenvalue weighted by atomic mass is 10.0. The normalized spacial score (nSPS) is 15.4. The zero-order valence-electron chi connectivity index (χ0n) is 16.5. The van der Waals surface area contributed by atoms with Crippen LogP contribution in [-0.2, 0) is 14.3 Å². The monoisotopic (exact) mass is 377 g/mol. The third-order valence-electron chi connectivity index (χ3n) is 4.58. The summed E-state index contributed by atoms with van der Waals surface area (Å²) in [5.41, 5.74) is 3.77. The van der Waals surface area contributed by atoms with E-state index < -0.39 is 5.97 Å². The van der Waals surface area contributed by atoms with E-state index in [2.05, 4.69) is 0 Å². The summed E-state index contributed by atoms with van der Waals surface area (Å²) in [7, 11) is 1.32. The van der Waals surface area contributed by atoms with Gasteiger partial charge in [-0.1, -0.05) is 29.8 Å². The lowest BCUT2D eigenvalue weighted by Gasteiger charge is -2.18. The Kier molecular flexibility index (Phi) is 5.64. The molecule has 5 heteroatoms. The Morgan fingerprint density at radius 3 is 2.25 bits per heavy atom. The van der Waals surface area contributed by atoms with E-state index in [0.717, 1.165) is 16.9 Å². The largest absolute Gasteiger partial charge is 0.494 e. The zero-order chi connectivity index (χ0) is 20.3. The molecule has 1 heterocycles. The summed E-state index contributed by atoms with van der Waals surface area (Å²) < 4.78 is 10.4. The average molecular weight is 377 g/mol. The number of ether oxygens (including phenoxy) is 2.